The summed E-state index contributed by atoms with van der Waals surface area (Å²) in [6, 6.07) is 11.2. The summed E-state index contributed by atoms with van der Waals surface area (Å²) in [6.07, 6.45) is 2.58. The minimum absolute atomic E-state index is 0.676. The molecular weight excluding hydrogens is 240 g/mol. The highest BCUT2D eigenvalue weighted by molar-refractivity contribution is 7.09. The Morgan fingerprint density at radius 2 is 2.11 bits per heavy atom. The molecule has 0 unspecified atom stereocenters. The van der Waals surface area contributed by atoms with E-state index < -0.39 is 0 Å². The molecule has 0 aliphatic heterocycles. The Morgan fingerprint density at radius 1 is 1.28 bits per heavy atom. The Kier molecular flexibility index (Phi) is 3.00. The zero-order chi connectivity index (χ0) is 12.5. The minimum atomic E-state index is 0.676. The molecule has 1 aromatic carbocycles. The Labute approximate surface area is 112 Å². The molecule has 1 fully saturated rings. The van der Waals surface area contributed by atoms with Crippen molar-refractivity contribution >= 4 is 22.7 Å². The van der Waals surface area contributed by atoms with Gasteiger partial charge in [-0.25, -0.2) is 0 Å². The fraction of sp³-hybridized carbons (Fsp3) is 0.333. The van der Waals surface area contributed by atoms with Crippen molar-refractivity contribution in [2.75, 3.05) is 10.6 Å². The molecule has 0 spiro atoms. The van der Waals surface area contributed by atoms with E-state index in [0.29, 0.717) is 6.04 Å². The lowest BCUT2D eigenvalue weighted by molar-refractivity contribution is 0.801. The Hall–Kier alpha value is -1.48. The molecule has 1 saturated carbocycles. The molecule has 2 aromatic rings. The molecule has 3 heteroatoms. The van der Waals surface area contributed by atoms with Crippen LogP contribution in [0.4, 0.5) is 11.4 Å². The Bertz CT molecular complexity index is 509. The standard InChI is InChI=1S/C15H18N2S/c1-11-4-2-6-14(16)15(11)17(12-7-8-12)10-13-5-3-9-18-13/h2-6,9,12H,7-8,10,16H2,1H3. The Morgan fingerprint density at radius 3 is 2.72 bits per heavy atom. The number of para-hydroxylation sites is 1. The molecule has 0 saturated heterocycles. The van der Waals surface area contributed by atoms with Crippen LogP contribution >= 0.6 is 11.3 Å². The monoisotopic (exact) mass is 258 g/mol. The molecule has 2 N–H and O–H groups in total. The lowest BCUT2D eigenvalue weighted by Gasteiger charge is -2.27. The van der Waals surface area contributed by atoms with Crippen LogP contribution in [0.2, 0.25) is 0 Å². The van der Waals surface area contributed by atoms with E-state index in [1.165, 1.54) is 29.0 Å². The van der Waals surface area contributed by atoms with E-state index in [2.05, 4.69) is 35.4 Å². The smallest absolute Gasteiger partial charge is 0.0635 e. The first-order valence-electron chi connectivity index (χ1n) is 6.40. The summed E-state index contributed by atoms with van der Waals surface area (Å²) < 4.78 is 0. The molecule has 1 aliphatic carbocycles. The van der Waals surface area contributed by atoms with Crippen LogP contribution in [0.25, 0.3) is 0 Å². The van der Waals surface area contributed by atoms with Gasteiger partial charge in [0, 0.05) is 10.9 Å². The maximum Gasteiger partial charge on any atom is 0.0635 e. The van der Waals surface area contributed by atoms with E-state index >= 15 is 0 Å². The first-order chi connectivity index (χ1) is 8.75. The van der Waals surface area contributed by atoms with Crippen LogP contribution in [0.3, 0.4) is 0 Å². The lowest BCUT2D eigenvalue weighted by Crippen LogP contribution is -2.26. The van der Waals surface area contributed by atoms with Gasteiger partial charge in [0.25, 0.3) is 0 Å². The average molecular weight is 258 g/mol. The predicted octanol–water partition coefficient (Wildman–Crippen LogP) is 3.81. The van der Waals surface area contributed by atoms with Gasteiger partial charge in [-0.3, -0.25) is 0 Å². The van der Waals surface area contributed by atoms with Crippen molar-refractivity contribution in [3.8, 4) is 0 Å². The summed E-state index contributed by atoms with van der Waals surface area (Å²) in [5.74, 6) is 0. The summed E-state index contributed by atoms with van der Waals surface area (Å²) in [5, 5.41) is 2.14. The second-order valence-electron chi connectivity index (χ2n) is 4.95. The van der Waals surface area contributed by atoms with Crippen molar-refractivity contribution in [1.82, 2.24) is 0 Å². The highest BCUT2D eigenvalue weighted by atomic mass is 32.1. The highest BCUT2D eigenvalue weighted by Gasteiger charge is 2.31. The first kappa shape index (κ1) is 11.6. The van der Waals surface area contributed by atoms with E-state index in [4.69, 9.17) is 5.73 Å². The number of anilines is 2. The van der Waals surface area contributed by atoms with Crippen LogP contribution in [0, 0.1) is 6.92 Å². The van der Waals surface area contributed by atoms with E-state index in [0.717, 1.165) is 12.2 Å². The number of hydrogen-bond acceptors (Lipinski definition) is 3. The molecule has 1 heterocycles. The van der Waals surface area contributed by atoms with Crippen molar-refractivity contribution in [3.63, 3.8) is 0 Å². The van der Waals surface area contributed by atoms with Crippen LogP contribution in [0.15, 0.2) is 35.7 Å². The van der Waals surface area contributed by atoms with Gasteiger partial charge in [-0.2, -0.15) is 0 Å². The van der Waals surface area contributed by atoms with Crippen molar-refractivity contribution in [2.24, 2.45) is 0 Å². The topological polar surface area (TPSA) is 29.3 Å². The molecule has 2 nitrogen and oxygen atoms in total. The van der Waals surface area contributed by atoms with E-state index in [1.54, 1.807) is 0 Å². The number of hydrogen-bond donors (Lipinski definition) is 1. The number of nitrogens with two attached hydrogens (primary N) is 1. The first-order valence-corrected chi connectivity index (χ1v) is 7.28. The fourth-order valence-corrected chi connectivity index (χ4v) is 3.12. The van der Waals surface area contributed by atoms with Gasteiger partial charge in [0.05, 0.1) is 17.9 Å². The third-order valence-corrected chi connectivity index (χ3v) is 4.31. The largest absolute Gasteiger partial charge is 0.397 e. The summed E-state index contributed by atoms with van der Waals surface area (Å²) >= 11 is 1.82. The number of benzene rings is 1. The maximum atomic E-state index is 6.18. The van der Waals surface area contributed by atoms with Crippen LogP contribution in [0.1, 0.15) is 23.3 Å². The van der Waals surface area contributed by atoms with Gasteiger partial charge in [-0.15, -0.1) is 11.3 Å². The number of aryl methyl sites for hydroxylation is 1. The van der Waals surface area contributed by atoms with Crippen molar-refractivity contribution in [2.45, 2.75) is 32.4 Å². The van der Waals surface area contributed by atoms with Crippen LogP contribution < -0.4 is 10.6 Å². The van der Waals surface area contributed by atoms with Gasteiger partial charge < -0.3 is 10.6 Å². The summed E-state index contributed by atoms with van der Waals surface area (Å²) in [4.78, 5) is 3.89. The molecule has 94 valence electrons. The maximum absolute atomic E-state index is 6.18. The minimum Gasteiger partial charge on any atom is -0.397 e. The van der Waals surface area contributed by atoms with Crippen LogP contribution in [-0.4, -0.2) is 6.04 Å². The molecule has 1 aromatic heterocycles. The normalized spacial score (nSPS) is 14.7. The Balaban J connectivity index is 1.94. The van der Waals surface area contributed by atoms with Crippen molar-refractivity contribution in [3.05, 3.63) is 46.2 Å². The molecule has 3 rings (SSSR count). The van der Waals surface area contributed by atoms with Crippen molar-refractivity contribution in [1.29, 1.82) is 0 Å². The van der Waals surface area contributed by atoms with Gasteiger partial charge in [0.1, 0.15) is 0 Å². The molecule has 0 bridgehead atoms. The third-order valence-electron chi connectivity index (χ3n) is 3.45. The molecule has 18 heavy (non-hydrogen) atoms. The second kappa shape index (κ2) is 4.65. The predicted molar refractivity (Wildman–Crippen MR) is 79.1 cm³/mol. The molecule has 0 radical (unpaired) electrons. The number of rotatable bonds is 4. The molecule has 0 amide bonds. The SMILES string of the molecule is Cc1cccc(N)c1N(Cc1cccs1)C1CC1. The van der Waals surface area contributed by atoms with Crippen LogP contribution in [0.5, 0.6) is 0 Å². The summed E-state index contributed by atoms with van der Waals surface area (Å²) in [6.45, 7) is 3.13. The van der Waals surface area contributed by atoms with E-state index in [9.17, 15) is 0 Å². The quantitative estimate of drug-likeness (QED) is 0.845. The zero-order valence-electron chi connectivity index (χ0n) is 10.6. The zero-order valence-corrected chi connectivity index (χ0v) is 11.4. The highest BCUT2D eigenvalue weighted by Crippen LogP contribution is 2.38. The van der Waals surface area contributed by atoms with Gasteiger partial charge in [-0.05, 0) is 42.8 Å². The summed E-state index contributed by atoms with van der Waals surface area (Å²) in [7, 11) is 0. The van der Waals surface area contributed by atoms with E-state index in [-0.39, 0.29) is 0 Å². The lowest BCUT2D eigenvalue weighted by atomic mass is 10.1. The average Bonchev–Trinajstić information content (AvgIpc) is 3.06. The number of nitrogens with zero attached hydrogens (tertiary/aromatic N) is 1. The van der Waals surface area contributed by atoms with Gasteiger partial charge in [0.15, 0.2) is 0 Å². The van der Waals surface area contributed by atoms with Gasteiger partial charge in [-0.1, -0.05) is 18.2 Å². The molecular formula is C15H18N2S. The van der Waals surface area contributed by atoms with Crippen molar-refractivity contribution < 1.29 is 0 Å². The second-order valence-corrected chi connectivity index (χ2v) is 5.98. The van der Waals surface area contributed by atoms with Gasteiger partial charge in [0.2, 0.25) is 0 Å². The fourth-order valence-electron chi connectivity index (χ4n) is 2.42. The molecule has 0 atom stereocenters. The molecule has 1 aliphatic rings. The number of nitrogen functional groups attached to an aromatic ring is 1. The van der Waals surface area contributed by atoms with Gasteiger partial charge >= 0.3 is 0 Å². The third kappa shape index (κ3) is 2.23. The van der Waals surface area contributed by atoms with E-state index in [1.807, 2.05) is 23.5 Å². The number of thiophene rings is 1. The summed E-state index contributed by atoms with van der Waals surface area (Å²) in [5.41, 5.74) is 9.59. The van der Waals surface area contributed by atoms with Crippen LogP contribution in [-0.2, 0) is 6.54 Å².